The van der Waals surface area contributed by atoms with Crippen molar-refractivity contribution < 1.29 is 0 Å². The minimum atomic E-state index is 0.891. The first-order valence-electron chi connectivity index (χ1n) is 7.55. The summed E-state index contributed by atoms with van der Waals surface area (Å²) in [7, 11) is 4.17. The van der Waals surface area contributed by atoms with Crippen LogP contribution in [-0.4, -0.2) is 19.1 Å². The van der Waals surface area contributed by atoms with Gasteiger partial charge >= 0.3 is 0 Å². The van der Waals surface area contributed by atoms with E-state index < -0.39 is 0 Å². The van der Waals surface area contributed by atoms with E-state index in [1.165, 1.54) is 11.0 Å². The lowest BCUT2D eigenvalue weighted by atomic mass is 10.3. The molecule has 2 aromatic carbocycles. The van der Waals surface area contributed by atoms with Gasteiger partial charge < -0.3 is 9.13 Å². The summed E-state index contributed by atoms with van der Waals surface area (Å²) in [6.07, 6.45) is 1.78. The molecule has 0 fully saturated rings. The Bertz CT molecular complexity index is 882. The summed E-state index contributed by atoms with van der Waals surface area (Å²) in [4.78, 5) is 9.47. The summed E-state index contributed by atoms with van der Waals surface area (Å²) in [6.45, 7) is 0. The van der Waals surface area contributed by atoms with Crippen molar-refractivity contribution in [1.82, 2.24) is 19.1 Å². The molecule has 0 amide bonds. The highest BCUT2D eigenvalue weighted by Crippen LogP contribution is 2.18. The molecule has 4 nitrogen and oxygen atoms in total. The van der Waals surface area contributed by atoms with E-state index in [0.717, 1.165) is 35.5 Å². The van der Waals surface area contributed by atoms with Crippen molar-refractivity contribution in [2.75, 3.05) is 0 Å². The van der Waals surface area contributed by atoms with Crippen LogP contribution in [0.2, 0.25) is 0 Å². The second kappa shape index (κ2) is 4.98. The van der Waals surface area contributed by atoms with Crippen molar-refractivity contribution in [2.24, 2.45) is 14.1 Å². The maximum absolute atomic E-state index is 4.74. The van der Waals surface area contributed by atoms with Crippen LogP contribution in [0.25, 0.3) is 22.1 Å². The minimum Gasteiger partial charge on any atom is -0.331 e. The number of nitrogens with zero attached hydrogens (tertiary/aromatic N) is 4. The van der Waals surface area contributed by atoms with Crippen LogP contribution in [0.5, 0.6) is 0 Å². The Morgan fingerprint density at radius 2 is 1.09 bits per heavy atom. The second-order valence-corrected chi connectivity index (χ2v) is 5.65. The zero-order valence-corrected chi connectivity index (χ0v) is 12.8. The summed E-state index contributed by atoms with van der Waals surface area (Å²) >= 11 is 0. The molecule has 4 rings (SSSR count). The van der Waals surface area contributed by atoms with Crippen LogP contribution in [0.1, 0.15) is 11.6 Å². The Morgan fingerprint density at radius 3 is 1.50 bits per heavy atom. The Labute approximate surface area is 129 Å². The predicted molar refractivity (Wildman–Crippen MR) is 88.8 cm³/mol. The molecule has 0 aliphatic rings. The van der Waals surface area contributed by atoms with E-state index >= 15 is 0 Å². The fraction of sp³-hybridized carbons (Fsp3) is 0.222. The minimum absolute atomic E-state index is 0.891. The quantitative estimate of drug-likeness (QED) is 0.580. The van der Waals surface area contributed by atoms with Crippen molar-refractivity contribution in [1.29, 1.82) is 0 Å². The highest BCUT2D eigenvalue weighted by molar-refractivity contribution is 5.76. The molecule has 0 bridgehead atoms. The van der Waals surface area contributed by atoms with Crippen LogP contribution in [0, 0.1) is 0 Å². The molecule has 0 atom stereocenters. The highest BCUT2D eigenvalue weighted by Gasteiger charge is 2.11. The Morgan fingerprint density at radius 1 is 0.682 bits per heavy atom. The van der Waals surface area contributed by atoms with Gasteiger partial charge in [-0.15, -0.1) is 0 Å². The Hall–Kier alpha value is -2.62. The van der Waals surface area contributed by atoms with Gasteiger partial charge in [0.05, 0.1) is 22.1 Å². The number of hydrogen-bond donors (Lipinski definition) is 0. The molecule has 0 saturated carbocycles. The van der Waals surface area contributed by atoms with Crippen LogP contribution in [0.3, 0.4) is 0 Å². The Balaban J connectivity index is 1.65. The molecule has 2 aromatic heterocycles. The third-order valence-electron chi connectivity index (χ3n) is 4.33. The zero-order chi connectivity index (χ0) is 15.1. The standard InChI is InChI=1S/C18H18N4/c1-21-15-9-5-3-7-13(15)19-17(21)11-12-18-20-14-8-4-6-10-16(14)22(18)2/h3-10H,11-12H2,1-2H3. The molecule has 2 heterocycles. The molecule has 4 heteroatoms. The number of hydrogen-bond acceptors (Lipinski definition) is 2. The van der Waals surface area contributed by atoms with E-state index in [4.69, 9.17) is 9.97 Å². The topological polar surface area (TPSA) is 35.6 Å². The summed E-state index contributed by atoms with van der Waals surface area (Å²) in [5, 5.41) is 0. The van der Waals surface area contributed by atoms with Crippen LogP contribution in [-0.2, 0) is 26.9 Å². The fourth-order valence-electron chi connectivity index (χ4n) is 3.06. The van der Waals surface area contributed by atoms with Crippen LogP contribution in [0.4, 0.5) is 0 Å². The Kier molecular flexibility index (Phi) is 2.96. The van der Waals surface area contributed by atoms with Gasteiger partial charge in [-0.3, -0.25) is 0 Å². The molecule has 0 aliphatic carbocycles. The maximum Gasteiger partial charge on any atom is 0.110 e. The van der Waals surface area contributed by atoms with E-state index in [-0.39, 0.29) is 0 Å². The largest absolute Gasteiger partial charge is 0.331 e. The summed E-state index contributed by atoms with van der Waals surface area (Å²) < 4.78 is 4.36. The van der Waals surface area contributed by atoms with Gasteiger partial charge in [0.2, 0.25) is 0 Å². The number of aryl methyl sites for hydroxylation is 4. The van der Waals surface area contributed by atoms with E-state index in [1.807, 2.05) is 12.1 Å². The first-order valence-corrected chi connectivity index (χ1v) is 7.55. The zero-order valence-electron chi connectivity index (χ0n) is 12.8. The molecule has 0 saturated heterocycles. The van der Waals surface area contributed by atoms with Gasteiger partial charge in [-0.2, -0.15) is 0 Å². The summed E-state index contributed by atoms with van der Waals surface area (Å²) in [5.41, 5.74) is 4.49. The molecule has 4 aromatic rings. The molecule has 0 radical (unpaired) electrons. The van der Waals surface area contributed by atoms with E-state index in [9.17, 15) is 0 Å². The third kappa shape index (κ3) is 1.99. The number of aromatic nitrogens is 4. The van der Waals surface area contributed by atoms with E-state index in [0.29, 0.717) is 0 Å². The van der Waals surface area contributed by atoms with Crippen LogP contribution >= 0.6 is 0 Å². The predicted octanol–water partition coefficient (Wildman–Crippen LogP) is 3.25. The summed E-state index contributed by atoms with van der Waals surface area (Å²) in [5.74, 6) is 2.21. The molecular formula is C18H18N4. The van der Waals surface area contributed by atoms with Crippen molar-refractivity contribution >= 4 is 22.1 Å². The molecule has 0 spiro atoms. The molecule has 0 N–H and O–H groups in total. The van der Waals surface area contributed by atoms with Gasteiger partial charge in [-0.05, 0) is 24.3 Å². The van der Waals surface area contributed by atoms with Crippen molar-refractivity contribution in [2.45, 2.75) is 12.8 Å². The maximum atomic E-state index is 4.74. The normalized spacial score (nSPS) is 11.5. The monoisotopic (exact) mass is 290 g/mol. The lowest BCUT2D eigenvalue weighted by Crippen LogP contribution is -2.04. The van der Waals surface area contributed by atoms with Crippen molar-refractivity contribution in [3.05, 3.63) is 60.2 Å². The van der Waals surface area contributed by atoms with Gasteiger partial charge in [0.1, 0.15) is 11.6 Å². The number of benzene rings is 2. The molecule has 0 aliphatic heterocycles. The molecule has 110 valence electrons. The average molecular weight is 290 g/mol. The number of fused-ring (bicyclic) bond motifs is 2. The van der Waals surface area contributed by atoms with Gasteiger partial charge in [0.25, 0.3) is 0 Å². The third-order valence-corrected chi connectivity index (χ3v) is 4.33. The SMILES string of the molecule is Cn1c(CCc2nc3ccccc3n2C)nc2ccccc21. The average Bonchev–Trinajstić information content (AvgIpc) is 3.04. The van der Waals surface area contributed by atoms with E-state index in [2.05, 4.69) is 59.6 Å². The molecular weight excluding hydrogens is 272 g/mol. The van der Waals surface area contributed by atoms with Crippen LogP contribution < -0.4 is 0 Å². The van der Waals surface area contributed by atoms with Gasteiger partial charge in [-0.1, -0.05) is 24.3 Å². The van der Waals surface area contributed by atoms with Crippen molar-refractivity contribution in [3.8, 4) is 0 Å². The number of rotatable bonds is 3. The second-order valence-electron chi connectivity index (χ2n) is 5.65. The molecule has 22 heavy (non-hydrogen) atoms. The lowest BCUT2D eigenvalue weighted by molar-refractivity contribution is 0.732. The van der Waals surface area contributed by atoms with Crippen LogP contribution in [0.15, 0.2) is 48.5 Å². The van der Waals surface area contributed by atoms with Crippen molar-refractivity contribution in [3.63, 3.8) is 0 Å². The number of para-hydroxylation sites is 4. The highest BCUT2D eigenvalue weighted by atomic mass is 15.1. The van der Waals surface area contributed by atoms with Gasteiger partial charge in [-0.25, -0.2) is 9.97 Å². The lowest BCUT2D eigenvalue weighted by Gasteiger charge is -2.03. The molecule has 0 unspecified atom stereocenters. The van der Waals surface area contributed by atoms with E-state index in [1.54, 1.807) is 0 Å². The smallest absolute Gasteiger partial charge is 0.110 e. The van der Waals surface area contributed by atoms with Gasteiger partial charge in [0.15, 0.2) is 0 Å². The first kappa shape index (κ1) is 13.1. The first-order chi connectivity index (χ1) is 10.7. The number of imidazole rings is 2. The van der Waals surface area contributed by atoms with Gasteiger partial charge in [0, 0.05) is 26.9 Å². The summed E-state index contributed by atoms with van der Waals surface area (Å²) in [6, 6.07) is 16.5. The fourth-order valence-corrected chi connectivity index (χ4v) is 3.06.